The highest BCUT2D eigenvalue weighted by Crippen LogP contribution is 2.47. The lowest BCUT2D eigenvalue weighted by Crippen LogP contribution is -2.26. The summed E-state index contributed by atoms with van der Waals surface area (Å²) in [5.41, 5.74) is 0.378. The molecule has 0 aliphatic rings. The summed E-state index contributed by atoms with van der Waals surface area (Å²) in [4.78, 5) is 12.5. The van der Waals surface area contributed by atoms with Crippen LogP contribution < -0.4 is 10.1 Å². The molecule has 0 aliphatic heterocycles. The highest BCUT2D eigenvalue weighted by atomic mass is 79.9. The molecule has 6 nitrogen and oxygen atoms in total. The van der Waals surface area contributed by atoms with Crippen molar-refractivity contribution in [1.29, 1.82) is 0 Å². The second-order valence-electron chi connectivity index (χ2n) is 5.72. The maximum atomic E-state index is 12.9. The van der Waals surface area contributed by atoms with Gasteiger partial charge in [0.1, 0.15) is 12.0 Å². The van der Waals surface area contributed by atoms with E-state index in [4.69, 9.17) is 13.8 Å². The summed E-state index contributed by atoms with van der Waals surface area (Å²) in [6, 6.07) is 5.14. The van der Waals surface area contributed by atoms with Crippen molar-refractivity contribution in [3.63, 3.8) is 0 Å². The third-order valence-corrected chi connectivity index (χ3v) is 5.68. The zero-order chi connectivity index (χ0) is 19.4. The summed E-state index contributed by atoms with van der Waals surface area (Å²) in [6.45, 7) is 7.03. The zero-order valence-electron chi connectivity index (χ0n) is 15.8. The standard InChI is InChI=1S/C18H29BrNO5P/c1-4-7-11-24-26(22,25-12-8-5-2)14-20-18(21)16-10-9-15(19)13-17(16)23-6-3/h9-10,13H,4-8,11-12,14H2,1-3H3,(H,20,21). The Labute approximate surface area is 164 Å². The fourth-order valence-electron chi connectivity index (χ4n) is 2.05. The fourth-order valence-corrected chi connectivity index (χ4v) is 3.80. The molecule has 1 aromatic rings. The summed E-state index contributed by atoms with van der Waals surface area (Å²) in [7, 11) is -3.38. The molecule has 26 heavy (non-hydrogen) atoms. The molecule has 0 bridgehead atoms. The topological polar surface area (TPSA) is 73.9 Å². The molecule has 1 aromatic carbocycles. The molecule has 148 valence electrons. The Morgan fingerprint density at radius 1 is 1.12 bits per heavy atom. The summed E-state index contributed by atoms with van der Waals surface area (Å²) < 4.78 is 30.1. The van der Waals surface area contributed by atoms with E-state index >= 15 is 0 Å². The van der Waals surface area contributed by atoms with Gasteiger partial charge in [0, 0.05) is 4.47 Å². The van der Waals surface area contributed by atoms with Gasteiger partial charge in [-0.25, -0.2) is 0 Å². The average molecular weight is 450 g/mol. The number of ether oxygens (including phenoxy) is 1. The first-order chi connectivity index (χ1) is 12.5. The second kappa shape index (κ2) is 12.5. The molecule has 0 saturated heterocycles. The summed E-state index contributed by atoms with van der Waals surface area (Å²) in [5, 5.41) is 2.66. The molecular weight excluding hydrogens is 421 g/mol. The lowest BCUT2D eigenvalue weighted by Gasteiger charge is -2.19. The maximum Gasteiger partial charge on any atom is 0.349 e. The van der Waals surface area contributed by atoms with Crippen molar-refractivity contribution in [2.45, 2.75) is 46.5 Å². The van der Waals surface area contributed by atoms with Crippen LogP contribution in [0.15, 0.2) is 22.7 Å². The number of carbonyl (C=O) groups excluding carboxylic acids is 1. The normalized spacial score (nSPS) is 11.4. The smallest absolute Gasteiger partial charge is 0.349 e. The van der Waals surface area contributed by atoms with Crippen LogP contribution in [0.2, 0.25) is 0 Å². The minimum atomic E-state index is -3.38. The first kappa shape index (κ1) is 23.2. The van der Waals surface area contributed by atoms with Crippen molar-refractivity contribution in [2.24, 2.45) is 0 Å². The van der Waals surface area contributed by atoms with Crippen LogP contribution in [0.1, 0.15) is 56.8 Å². The van der Waals surface area contributed by atoms with Gasteiger partial charge < -0.3 is 19.1 Å². The van der Waals surface area contributed by atoms with Crippen LogP contribution in [0.4, 0.5) is 0 Å². The number of hydrogen-bond acceptors (Lipinski definition) is 5. The van der Waals surface area contributed by atoms with Crippen LogP contribution >= 0.6 is 23.5 Å². The van der Waals surface area contributed by atoms with E-state index in [0.29, 0.717) is 31.1 Å². The largest absolute Gasteiger partial charge is 0.493 e. The quantitative estimate of drug-likeness (QED) is 0.324. The van der Waals surface area contributed by atoms with E-state index in [1.807, 2.05) is 20.8 Å². The number of benzene rings is 1. The van der Waals surface area contributed by atoms with Gasteiger partial charge >= 0.3 is 7.60 Å². The molecule has 0 saturated carbocycles. The van der Waals surface area contributed by atoms with Crippen LogP contribution in [0.25, 0.3) is 0 Å². The van der Waals surface area contributed by atoms with E-state index in [1.54, 1.807) is 18.2 Å². The second-order valence-corrected chi connectivity index (χ2v) is 8.69. The number of hydrogen-bond donors (Lipinski definition) is 1. The Kier molecular flexibility index (Phi) is 11.1. The third-order valence-electron chi connectivity index (χ3n) is 3.49. The minimum absolute atomic E-state index is 0.166. The molecule has 0 radical (unpaired) electrons. The van der Waals surface area contributed by atoms with E-state index in [0.717, 1.165) is 30.2 Å². The van der Waals surface area contributed by atoms with Crippen molar-refractivity contribution < 1.29 is 23.1 Å². The van der Waals surface area contributed by atoms with Crippen molar-refractivity contribution in [3.8, 4) is 5.75 Å². The molecule has 8 heteroatoms. The monoisotopic (exact) mass is 449 g/mol. The van der Waals surface area contributed by atoms with Crippen molar-refractivity contribution in [2.75, 3.05) is 26.1 Å². The van der Waals surface area contributed by atoms with E-state index in [2.05, 4.69) is 21.2 Å². The SMILES string of the molecule is CCCCOP(=O)(CNC(=O)c1ccc(Br)cc1OCC)OCCCC. The van der Waals surface area contributed by atoms with E-state index in [-0.39, 0.29) is 12.2 Å². The predicted octanol–water partition coefficient (Wildman–Crippen LogP) is 5.36. The Morgan fingerprint density at radius 3 is 2.27 bits per heavy atom. The van der Waals surface area contributed by atoms with Gasteiger partial charge in [0.25, 0.3) is 5.91 Å². The van der Waals surface area contributed by atoms with Gasteiger partial charge in [0.2, 0.25) is 0 Å². The molecule has 1 amide bonds. The lowest BCUT2D eigenvalue weighted by atomic mass is 10.2. The molecule has 0 atom stereocenters. The van der Waals surface area contributed by atoms with E-state index in [1.165, 1.54) is 0 Å². The van der Waals surface area contributed by atoms with Crippen LogP contribution in [-0.2, 0) is 13.6 Å². The molecule has 0 unspecified atom stereocenters. The third kappa shape index (κ3) is 8.21. The Morgan fingerprint density at radius 2 is 1.73 bits per heavy atom. The van der Waals surface area contributed by atoms with Gasteiger partial charge in [-0.15, -0.1) is 0 Å². The van der Waals surface area contributed by atoms with E-state index < -0.39 is 7.60 Å². The highest BCUT2D eigenvalue weighted by Gasteiger charge is 2.26. The molecule has 1 N–H and O–H groups in total. The van der Waals surface area contributed by atoms with Gasteiger partial charge in [-0.1, -0.05) is 42.6 Å². The molecular formula is C18H29BrNO5P. The molecule has 1 rings (SSSR count). The summed E-state index contributed by atoms with van der Waals surface area (Å²) in [6.07, 6.45) is 3.27. The first-order valence-corrected chi connectivity index (χ1v) is 11.6. The van der Waals surface area contributed by atoms with Gasteiger partial charge in [0.15, 0.2) is 0 Å². The van der Waals surface area contributed by atoms with Crippen LogP contribution in [0.5, 0.6) is 5.75 Å². The fraction of sp³-hybridized carbons (Fsp3) is 0.611. The summed E-state index contributed by atoms with van der Waals surface area (Å²) in [5.74, 6) is 0.0902. The molecule has 0 spiro atoms. The van der Waals surface area contributed by atoms with Crippen molar-refractivity contribution in [1.82, 2.24) is 5.32 Å². The highest BCUT2D eigenvalue weighted by molar-refractivity contribution is 9.10. The van der Waals surface area contributed by atoms with Crippen molar-refractivity contribution in [3.05, 3.63) is 28.2 Å². The molecule has 0 heterocycles. The number of halogens is 1. The number of nitrogens with one attached hydrogen (secondary N) is 1. The molecule has 0 fully saturated rings. The lowest BCUT2D eigenvalue weighted by molar-refractivity contribution is 0.0949. The Balaban J connectivity index is 2.77. The zero-order valence-corrected chi connectivity index (χ0v) is 18.2. The molecule has 0 aromatic heterocycles. The van der Waals surface area contributed by atoms with Gasteiger partial charge in [-0.05, 0) is 38.0 Å². The number of amides is 1. The van der Waals surface area contributed by atoms with Gasteiger partial charge in [0.05, 0.1) is 25.4 Å². The number of carbonyl (C=O) groups is 1. The predicted molar refractivity (Wildman–Crippen MR) is 107 cm³/mol. The molecule has 0 aliphatic carbocycles. The maximum absolute atomic E-state index is 12.9. The van der Waals surface area contributed by atoms with Crippen molar-refractivity contribution >= 4 is 29.4 Å². The Bertz CT molecular complexity index is 597. The Hall–Kier alpha value is -0.880. The minimum Gasteiger partial charge on any atom is -0.493 e. The van der Waals surface area contributed by atoms with Crippen LogP contribution in [-0.4, -0.2) is 32.0 Å². The van der Waals surface area contributed by atoms with Gasteiger partial charge in [-0.3, -0.25) is 9.36 Å². The number of rotatable bonds is 13. The number of unbranched alkanes of at least 4 members (excludes halogenated alkanes) is 2. The van der Waals surface area contributed by atoms with Crippen LogP contribution in [0, 0.1) is 0 Å². The van der Waals surface area contributed by atoms with Crippen LogP contribution in [0.3, 0.4) is 0 Å². The average Bonchev–Trinajstić information content (AvgIpc) is 2.61. The van der Waals surface area contributed by atoms with Gasteiger partial charge in [-0.2, -0.15) is 0 Å². The van der Waals surface area contributed by atoms with E-state index in [9.17, 15) is 9.36 Å². The summed E-state index contributed by atoms with van der Waals surface area (Å²) >= 11 is 3.36. The first-order valence-electron chi connectivity index (χ1n) is 9.04.